The van der Waals surface area contributed by atoms with Crippen molar-refractivity contribution in [2.24, 2.45) is 5.92 Å². The van der Waals surface area contributed by atoms with E-state index in [1.54, 1.807) is 0 Å². The Morgan fingerprint density at radius 1 is 1.52 bits per heavy atom. The van der Waals surface area contributed by atoms with E-state index in [2.05, 4.69) is 4.74 Å². The van der Waals surface area contributed by atoms with Gasteiger partial charge in [0.15, 0.2) is 0 Å². The van der Waals surface area contributed by atoms with Gasteiger partial charge in [-0.25, -0.2) is 0 Å². The predicted octanol–water partition coefficient (Wildman–Crippen LogP) is 2.40. The quantitative estimate of drug-likeness (QED) is 0.645. The van der Waals surface area contributed by atoms with Gasteiger partial charge in [-0.05, 0) is 24.8 Å². The molecule has 1 fully saturated rings. The van der Waals surface area contributed by atoms with Gasteiger partial charge in [0.1, 0.15) is 0 Å². The topological polar surface area (TPSA) is 75.8 Å². The van der Waals surface area contributed by atoms with Crippen LogP contribution in [0.15, 0.2) is 18.2 Å². The number of aliphatic hydroxyl groups excluding tert-OH is 1. The van der Waals surface area contributed by atoms with Gasteiger partial charge < -0.3 is 14.7 Å². The number of nitrogens with zero attached hydrogens (tertiary/aromatic N) is 2. The molecular weight excluding hydrogens is 286 g/mol. The molecule has 21 heavy (non-hydrogen) atoms. The summed E-state index contributed by atoms with van der Waals surface area (Å²) in [5.41, 5.74) is 0.127. The number of alkyl halides is 2. The summed E-state index contributed by atoms with van der Waals surface area (Å²) in [6.45, 7) is -1.60. The fourth-order valence-corrected chi connectivity index (χ4v) is 2.53. The van der Waals surface area contributed by atoms with E-state index in [-0.39, 0.29) is 6.61 Å². The first-order valence-corrected chi connectivity index (χ1v) is 6.60. The molecule has 1 atom stereocenters. The van der Waals surface area contributed by atoms with Crippen molar-refractivity contribution < 1.29 is 23.5 Å². The average Bonchev–Trinajstić information content (AvgIpc) is 2.86. The molecule has 0 saturated carbocycles. The van der Waals surface area contributed by atoms with Crippen LogP contribution in [0.2, 0.25) is 0 Å². The van der Waals surface area contributed by atoms with Crippen molar-refractivity contribution in [2.45, 2.75) is 19.5 Å². The molecule has 0 bridgehead atoms. The lowest BCUT2D eigenvalue weighted by Crippen LogP contribution is -2.20. The molecule has 1 aromatic rings. The first-order chi connectivity index (χ1) is 10.0. The predicted molar refractivity (Wildman–Crippen MR) is 71.8 cm³/mol. The standard InChI is InChI=1S/C13H16F2N2O4/c14-13(15)21-12-7-10(1-2-11(12)17(19)20)16-5-3-9(8-16)4-6-18/h1-2,7,9,13,18H,3-6,8H2. The second-order valence-electron chi connectivity index (χ2n) is 4.90. The van der Waals surface area contributed by atoms with Crippen molar-refractivity contribution in [3.05, 3.63) is 28.3 Å². The summed E-state index contributed by atoms with van der Waals surface area (Å²) in [5.74, 6) is -0.0947. The number of nitro groups is 1. The zero-order valence-electron chi connectivity index (χ0n) is 11.2. The molecule has 8 heteroatoms. The van der Waals surface area contributed by atoms with E-state index < -0.39 is 23.0 Å². The third-order valence-corrected chi connectivity index (χ3v) is 3.54. The number of halogens is 2. The molecule has 0 amide bonds. The van der Waals surface area contributed by atoms with Crippen LogP contribution in [0.1, 0.15) is 12.8 Å². The minimum atomic E-state index is -3.11. The van der Waals surface area contributed by atoms with Crippen LogP contribution in [0, 0.1) is 16.0 Å². The maximum absolute atomic E-state index is 12.3. The second kappa shape index (κ2) is 6.66. The van der Waals surface area contributed by atoms with Crippen molar-refractivity contribution in [1.82, 2.24) is 0 Å². The van der Waals surface area contributed by atoms with Gasteiger partial charge in [-0.3, -0.25) is 10.1 Å². The highest BCUT2D eigenvalue weighted by molar-refractivity contribution is 5.59. The summed E-state index contributed by atoms with van der Waals surface area (Å²) in [4.78, 5) is 12.0. The Hall–Kier alpha value is -1.96. The van der Waals surface area contributed by atoms with Gasteiger partial charge in [-0.1, -0.05) is 0 Å². The van der Waals surface area contributed by atoms with Crippen molar-refractivity contribution in [1.29, 1.82) is 0 Å². The van der Waals surface area contributed by atoms with Gasteiger partial charge in [0.2, 0.25) is 5.75 Å². The van der Waals surface area contributed by atoms with Crippen LogP contribution < -0.4 is 9.64 Å². The zero-order chi connectivity index (χ0) is 15.4. The number of ether oxygens (including phenoxy) is 1. The van der Waals surface area contributed by atoms with Gasteiger partial charge in [0.25, 0.3) is 0 Å². The van der Waals surface area contributed by atoms with Crippen molar-refractivity contribution in [3.8, 4) is 5.75 Å². The number of anilines is 1. The Balaban J connectivity index is 2.19. The fraction of sp³-hybridized carbons (Fsp3) is 0.538. The molecule has 1 aliphatic rings. The summed E-state index contributed by atoms with van der Waals surface area (Å²) < 4.78 is 28.9. The van der Waals surface area contributed by atoms with Gasteiger partial charge >= 0.3 is 12.3 Å². The largest absolute Gasteiger partial charge is 0.427 e. The lowest BCUT2D eigenvalue weighted by atomic mass is 10.1. The molecule has 1 aromatic carbocycles. The van der Waals surface area contributed by atoms with Crippen LogP contribution >= 0.6 is 0 Å². The van der Waals surface area contributed by atoms with E-state index in [0.717, 1.165) is 13.0 Å². The third-order valence-electron chi connectivity index (χ3n) is 3.54. The SMILES string of the molecule is O=[N+]([O-])c1ccc(N2CCC(CCO)C2)cc1OC(F)F. The molecule has 0 aliphatic carbocycles. The third kappa shape index (κ3) is 3.78. The second-order valence-corrected chi connectivity index (χ2v) is 4.90. The number of rotatable bonds is 6. The summed E-state index contributed by atoms with van der Waals surface area (Å²) in [6.07, 6.45) is 1.58. The maximum Gasteiger partial charge on any atom is 0.387 e. The number of benzene rings is 1. The van der Waals surface area contributed by atoms with E-state index in [9.17, 15) is 18.9 Å². The summed E-state index contributed by atoms with van der Waals surface area (Å²) in [5, 5.41) is 19.7. The van der Waals surface area contributed by atoms with Crippen molar-refractivity contribution in [2.75, 3.05) is 24.6 Å². The smallest absolute Gasteiger partial charge is 0.387 e. The van der Waals surface area contributed by atoms with E-state index in [1.165, 1.54) is 18.2 Å². The minimum absolute atomic E-state index is 0.110. The lowest BCUT2D eigenvalue weighted by Gasteiger charge is -2.19. The van der Waals surface area contributed by atoms with Crippen molar-refractivity contribution >= 4 is 11.4 Å². The Bertz CT molecular complexity index is 513. The summed E-state index contributed by atoms with van der Waals surface area (Å²) in [6, 6.07) is 3.97. The Morgan fingerprint density at radius 3 is 2.90 bits per heavy atom. The molecule has 116 valence electrons. The normalized spacial score (nSPS) is 18.3. The Kier molecular flexibility index (Phi) is 4.89. The molecule has 1 saturated heterocycles. The molecule has 1 N–H and O–H groups in total. The van der Waals surface area contributed by atoms with Crippen molar-refractivity contribution in [3.63, 3.8) is 0 Å². The van der Waals surface area contributed by atoms with E-state index >= 15 is 0 Å². The molecule has 0 spiro atoms. The number of hydrogen-bond acceptors (Lipinski definition) is 5. The molecule has 1 heterocycles. The average molecular weight is 302 g/mol. The minimum Gasteiger partial charge on any atom is -0.427 e. The van der Waals surface area contributed by atoms with E-state index in [1.807, 2.05) is 4.90 Å². The number of aliphatic hydroxyl groups is 1. The lowest BCUT2D eigenvalue weighted by molar-refractivity contribution is -0.386. The maximum atomic E-state index is 12.3. The highest BCUT2D eigenvalue weighted by Gasteiger charge is 2.25. The summed E-state index contributed by atoms with van der Waals surface area (Å²) >= 11 is 0. The Morgan fingerprint density at radius 2 is 2.29 bits per heavy atom. The monoisotopic (exact) mass is 302 g/mol. The highest BCUT2D eigenvalue weighted by Crippen LogP contribution is 2.35. The van der Waals surface area contributed by atoms with Crippen LogP contribution in [0.25, 0.3) is 0 Å². The van der Waals surface area contributed by atoms with E-state index in [0.29, 0.717) is 24.6 Å². The van der Waals surface area contributed by atoms with Crippen LogP contribution in [0.5, 0.6) is 5.75 Å². The number of nitro benzene ring substituents is 1. The molecule has 0 aromatic heterocycles. The van der Waals surface area contributed by atoms with Crippen LogP contribution in [-0.4, -0.2) is 36.3 Å². The summed E-state index contributed by atoms with van der Waals surface area (Å²) in [7, 11) is 0. The molecule has 2 rings (SSSR count). The molecule has 1 unspecified atom stereocenters. The Labute approximate surface area is 120 Å². The fourth-order valence-electron chi connectivity index (χ4n) is 2.53. The molecule has 0 radical (unpaired) electrons. The van der Waals surface area contributed by atoms with Crippen LogP contribution in [-0.2, 0) is 0 Å². The number of hydrogen-bond donors (Lipinski definition) is 1. The van der Waals surface area contributed by atoms with E-state index in [4.69, 9.17) is 5.11 Å². The molecule has 1 aliphatic heterocycles. The molecular formula is C13H16F2N2O4. The van der Waals surface area contributed by atoms with Crippen LogP contribution in [0.4, 0.5) is 20.2 Å². The van der Waals surface area contributed by atoms with Gasteiger partial charge in [0, 0.05) is 37.5 Å². The highest BCUT2D eigenvalue weighted by atomic mass is 19.3. The van der Waals surface area contributed by atoms with Gasteiger partial charge in [0.05, 0.1) is 4.92 Å². The molecule has 6 nitrogen and oxygen atoms in total. The zero-order valence-corrected chi connectivity index (χ0v) is 11.2. The van der Waals surface area contributed by atoms with Crippen LogP contribution in [0.3, 0.4) is 0 Å². The van der Waals surface area contributed by atoms with Gasteiger partial charge in [-0.15, -0.1) is 0 Å². The van der Waals surface area contributed by atoms with Gasteiger partial charge in [-0.2, -0.15) is 8.78 Å². The first-order valence-electron chi connectivity index (χ1n) is 6.60. The first kappa shape index (κ1) is 15.4.